The maximum atomic E-state index is 12.7. The first-order valence-electron chi connectivity index (χ1n) is 7.69. The van der Waals surface area contributed by atoms with Crippen LogP contribution in [-0.2, 0) is 11.3 Å². The third-order valence-corrected chi connectivity index (χ3v) is 4.48. The van der Waals surface area contributed by atoms with Crippen LogP contribution in [0.25, 0.3) is 10.9 Å². The van der Waals surface area contributed by atoms with Crippen molar-refractivity contribution in [3.05, 3.63) is 57.6 Å². The molecule has 0 unspecified atom stereocenters. The molecule has 0 fully saturated rings. The van der Waals surface area contributed by atoms with E-state index in [-0.39, 0.29) is 18.0 Å². The standard InChI is InChI=1S/C18H16BrN3O4/c1-25-15-7-11-14(8-16(15)26-2)20-10-22(18(11)24)9-17(23)21-13-6-4-3-5-12(13)19/h3-8,10H,9H2,1-2H3,(H,21,23). The Morgan fingerprint density at radius 3 is 2.58 bits per heavy atom. The van der Waals surface area contributed by atoms with Crippen molar-refractivity contribution in [3.63, 3.8) is 0 Å². The lowest BCUT2D eigenvalue weighted by Gasteiger charge is -2.11. The van der Waals surface area contributed by atoms with Gasteiger partial charge in [0.1, 0.15) is 6.54 Å². The Morgan fingerprint density at radius 1 is 1.19 bits per heavy atom. The number of anilines is 1. The molecule has 0 radical (unpaired) electrons. The van der Waals surface area contributed by atoms with Crippen LogP contribution in [0.1, 0.15) is 0 Å². The van der Waals surface area contributed by atoms with E-state index >= 15 is 0 Å². The summed E-state index contributed by atoms with van der Waals surface area (Å²) in [6.45, 7) is -0.155. The Hall–Kier alpha value is -2.87. The van der Waals surface area contributed by atoms with Gasteiger partial charge in [-0.2, -0.15) is 0 Å². The molecule has 2 aromatic carbocycles. The Morgan fingerprint density at radius 2 is 1.88 bits per heavy atom. The van der Waals surface area contributed by atoms with Crippen LogP contribution >= 0.6 is 15.9 Å². The quantitative estimate of drug-likeness (QED) is 0.689. The van der Waals surface area contributed by atoms with Crippen LogP contribution in [0, 0.1) is 0 Å². The minimum absolute atomic E-state index is 0.155. The summed E-state index contributed by atoms with van der Waals surface area (Å²) in [5, 5.41) is 3.10. The lowest BCUT2D eigenvalue weighted by Crippen LogP contribution is -2.28. The summed E-state index contributed by atoms with van der Waals surface area (Å²) in [5.74, 6) is 0.575. The van der Waals surface area contributed by atoms with Gasteiger partial charge < -0.3 is 14.8 Å². The fourth-order valence-corrected chi connectivity index (χ4v) is 2.89. The highest BCUT2D eigenvalue weighted by Crippen LogP contribution is 2.29. The van der Waals surface area contributed by atoms with Crippen molar-refractivity contribution in [2.24, 2.45) is 0 Å². The fourth-order valence-electron chi connectivity index (χ4n) is 2.51. The number of carbonyl (C=O) groups excluding carboxylic acids is 1. The number of hydrogen-bond donors (Lipinski definition) is 1. The first-order valence-corrected chi connectivity index (χ1v) is 8.48. The average Bonchev–Trinajstić information content (AvgIpc) is 2.65. The molecule has 8 heteroatoms. The van der Waals surface area contributed by atoms with E-state index in [1.54, 1.807) is 18.2 Å². The zero-order valence-electron chi connectivity index (χ0n) is 14.2. The molecule has 1 aromatic heterocycles. The van der Waals surface area contributed by atoms with E-state index in [0.717, 1.165) is 4.47 Å². The SMILES string of the molecule is COc1cc2ncn(CC(=O)Nc3ccccc3Br)c(=O)c2cc1OC. The first kappa shape index (κ1) is 17.9. The van der Waals surface area contributed by atoms with E-state index in [9.17, 15) is 9.59 Å². The van der Waals surface area contributed by atoms with Gasteiger partial charge in [-0.1, -0.05) is 12.1 Å². The highest BCUT2D eigenvalue weighted by Gasteiger charge is 2.13. The first-order chi connectivity index (χ1) is 12.5. The summed E-state index contributed by atoms with van der Waals surface area (Å²) in [6, 6.07) is 10.4. The van der Waals surface area contributed by atoms with Crippen LogP contribution in [0.15, 0.2) is 52.0 Å². The van der Waals surface area contributed by atoms with Crippen molar-refractivity contribution < 1.29 is 14.3 Å². The molecule has 1 N–H and O–H groups in total. The number of fused-ring (bicyclic) bond motifs is 1. The number of halogens is 1. The highest BCUT2D eigenvalue weighted by atomic mass is 79.9. The van der Waals surface area contributed by atoms with Gasteiger partial charge in [-0.15, -0.1) is 0 Å². The molecule has 1 amide bonds. The normalized spacial score (nSPS) is 10.6. The summed E-state index contributed by atoms with van der Waals surface area (Å²) in [6.07, 6.45) is 1.34. The number of aromatic nitrogens is 2. The second kappa shape index (κ2) is 7.57. The molecular weight excluding hydrogens is 402 g/mol. The molecule has 0 saturated heterocycles. The van der Waals surface area contributed by atoms with Crippen molar-refractivity contribution in [1.29, 1.82) is 0 Å². The van der Waals surface area contributed by atoms with E-state index in [4.69, 9.17) is 9.47 Å². The number of nitrogens with zero attached hydrogens (tertiary/aromatic N) is 2. The average molecular weight is 418 g/mol. The van der Waals surface area contributed by atoms with Crippen LogP contribution in [0.3, 0.4) is 0 Å². The van der Waals surface area contributed by atoms with Crippen LogP contribution in [-0.4, -0.2) is 29.7 Å². The number of benzene rings is 2. The van der Waals surface area contributed by atoms with E-state index in [1.165, 1.54) is 25.1 Å². The Labute approximate surface area is 157 Å². The summed E-state index contributed by atoms with van der Waals surface area (Å²) < 4.78 is 12.5. The molecule has 0 aliphatic heterocycles. The molecular formula is C18H16BrN3O4. The van der Waals surface area contributed by atoms with Crippen molar-refractivity contribution in [2.45, 2.75) is 6.54 Å². The minimum Gasteiger partial charge on any atom is -0.493 e. The van der Waals surface area contributed by atoms with Gasteiger partial charge in [0.25, 0.3) is 5.56 Å². The van der Waals surface area contributed by atoms with Crippen LogP contribution in [0.4, 0.5) is 5.69 Å². The lowest BCUT2D eigenvalue weighted by molar-refractivity contribution is -0.116. The van der Waals surface area contributed by atoms with E-state index in [0.29, 0.717) is 28.1 Å². The second-order valence-electron chi connectivity index (χ2n) is 5.43. The van der Waals surface area contributed by atoms with Crippen molar-refractivity contribution in [1.82, 2.24) is 9.55 Å². The highest BCUT2D eigenvalue weighted by molar-refractivity contribution is 9.10. The Kier molecular flexibility index (Phi) is 5.22. The molecule has 0 spiro atoms. The van der Waals surface area contributed by atoms with Crippen molar-refractivity contribution in [2.75, 3.05) is 19.5 Å². The predicted molar refractivity (Wildman–Crippen MR) is 102 cm³/mol. The van der Waals surface area contributed by atoms with E-state index < -0.39 is 0 Å². The minimum atomic E-state index is -0.335. The molecule has 0 aliphatic carbocycles. The topological polar surface area (TPSA) is 82.5 Å². The maximum absolute atomic E-state index is 12.7. The molecule has 3 aromatic rings. The predicted octanol–water partition coefficient (Wildman–Crippen LogP) is 2.81. The van der Waals surface area contributed by atoms with Gasteiger partial charge in [-0.05, 0) is 34.1 Å². The molecule has 0 saturated carbocycles. The third kappa shape index (κ3) is 3.55. The Bertz CT molecular complexity index is 1030. The summed E-state index contributed by atoms with van der Waals surface area (Å²) >= 11 is 3.37. The lowest BCUT2D eigenvalue weighted by atomic mass is 10.2. The number of methoxy groups -OCH3 is 2. The Balaban J connectivity index is 1.91. The fraction of sp³-hybridized carbons (Fsp3) is 0.167. The van der Waals surface area contributed by atoms with Gasteiger partial charge >= 0.3 is 0 Å². The van der Waals surface area contributed by atoms with Gasteiger partial charge in [-0.25, -0.2) is 4.98 Å². The number of nitrogens with one attached hydrogen (secondary N) is 1. The largest absolute Gasteiger partial charge is 0.493 e. The molecule has 3 rings (SSSR count). The van der Waals surface area contributed by atoms with Gasteiger partial charge in [0.2, 0.25) is 5.91 Å². The molecule has 134 valence electrons. The van der Waals surface area contributed by atoms with Gasteiger partial charge in [0, 0.05) is 10.5 Å². The number of rotatable bonds is 5. The van der Waals surface area contributed by atoms with Crippen molar-refractivity contribution >= 4 is 38.4 Å². The molecule has 0 atom stereocenters. The number of para-hydroxylation sites is 1. The number of hydrogen-bond acceptors (Lipinski definition) is 5. The zero-order chi connectivity index (χ0) is 18.7. The van der Waals surface area contributed by atoms with Gasteiger partial charge in [0.05, 0.1) is 37.1 Å². The monoisotopic (exact) mass is 417 g/mol. The molecule has 1 heterocycles. The van der Waals surface area contributed by atoms with E-state index in [1.807, 2.05) is 18.2 Å². The van der Waals surface area contributed by atoms with E-state index in [2.05, 4.69) is 26.2 Å². The number of ether oxygens (including phenoxy) is 2. The number of carbonyl (C=O) groups is 1. The van der Waals surface area contributed by atoms with Crippen LogP contribution in [0.2, 0.25) is 0 Å². The van der Waals surface area contributed by atoms with Crippen LogP contribution < -0.4 is 20.3 Å². The molecule has 7 nitrogen and oxygen atoms in total. The summed E-state index contributed by atoms with van der Waals surface area (Å²) in [4.78, 5) is 29.2. The van der Waals surface area contributed by atoms with Gasteiger partial charge in [-0.3, -0.25) is 14.2 Å². The molecule has 26 heavy (non-hydrogen) atoms. The van der Waals surface area contributed by atoms with Crippen molar-refractivity contribution in [3.8, 4) is 11.5 Å². The van der Waals surface area contributed by atoms with Crippen LogP contribution in [0.5, 0.6) is 11.5 Å². The summed E-state index contributed by atoms with van der Waals surface area (Å²) in [5.41, 5.74) is 0.763. The smallest absolute Gasteiger partial charge is 0.261 e. The molecule has 0 aliphatic rings. The summed E-state index contributed by atoms with van der Waals surface area (Å²) in [7, 11) is 3.00. The third-order valence-electron chi connectivity index (χ3n) is 3.79. The maximum Gasteiger partial charge on any atom is 0.261 e. The van der Waals surface area contributed by atoms with Gasteiger partial charge in [0.15, 0.2) is 11.5 Å². The second-order valence-corrected chi connectivity index (χ2v) is 6.28. The zero-order valence-corrected chi connectivity index (χ0v) is 15.7. The number of amides is 1. The molecule has 0 bridgehead atoms.